The molecule has 1 aliphatic rings. The van der Waals surface area contributed by atoms with Gasteiger partial charge >= 0.3 is 12.0 Å². The molecule has 1 aliphatic heterocycles. The molecule has 0 saturated carbocycles. The number of carboxylic acids is 1. The number of carboxylic acid groups (broad SMARTS) is 1. The van der Waals surface area contributed by atoms with Crippen molar-refractivity contribution in [3.8, 4) is 0 Å². The Labute approximate surface area is 94.5 Å². The number of imide groups is 1. The van der Waals surface area contributed by atoms with Gasteiger partial charge < -0.3 is 10.4 Å². The zero-order valence-electron chi connectivity index (χ0n) is 8.10. The molecule has 0 atom stereocenters. The molecule has 0 unspecified atom stereocenters. The number of carbonyl (C=O) groups excluding carboxylic acids is 2. The van der Waals surface area contributed by atoms with E-state index in [1.807, 2.05) is 0 Å². The summed E-state index contributed by atoms with van der Waals surface area (Å²) in [4.78, 5) is 35.0. The molecule has 1 aromatic heterocycles. The van der Waals surface area contributed by atoms with Crippen molar-refractivity contribution >= 4 is 29.2 Å². The summed E-state index contributed by atoms with van der Waals surface area (Å²) in [6.45, 7) is 0.138. The van der Waals surface area contributed by atoms with E-state index in [9.17, 15) is 14.4 Å². The lowest BCUT2D eigenvalue weighted by molar-refractivity contribution is -0.125. The second kappa shape index (κ2) is 3.93. The average Bonchev–Trinajstić information content (AvgIpc) is 2.80. The molecule has 7 heteroatoms. The third kappa shape index (κ3) is 1.89. The van der Waals surface area contributed by atoms with Gasteiger partial charge in [0.15, 0.2) is 0 Å². The predicted molar refractivity (Wildman–Crippen MR) is 55.2 cm³/mol. The van der Waals surface area contributed by atoms with E-state index >= 15 is 0 Å². The van der Waals surface area contributed by atoms with E-state index in [0.29, 0.717) is 4.88 Å². The first kappa shape index (κ1) is 10.6. The van der Waals surface area contributed by atoms with E-state index in [4.69, 9.17) is 5.11 Å². The van der Waals surface area contributed by atoms with Gasteiger partial charge in [-0.15, -0.1) is 11.3 Å². The highest BCUT2D eigenvalue weighted by Crippen LogP contribution is 2.19. The third-order valence-corrected chi connectivity index (χ3v) is 3.18. The summed E-state index contributed by atoms with van der Waals surface area (Å²) in [5.41, 5.74) is 0. The Morgan fingerprint density at radius 1 is 1.50 bits per heavy atom. The first-order chi connectivity index (χ1) is 7.58. The summed E-state index contributed by atoms with van der Waals surface area (Å²) >= 11 is 1.06. The third-order valence-electron chi connectivity index (χ3n) is 2.12. The van der Waals surface area contributed by atoms with Gasteiger partial charge in [0.1, 0.15) is 4.88 Å². The summed E-state index contributed by atoms with van der Waals surface area (Å²) in [5, 5.41) is 11.1. The summed E-state index contributed by atoms with van der Waals surface area (Å²) in [6, 6.07) is 2.63. The average molecular weight is 240 g/mol. The molecule has 16 heavy (non-hydrogen) atoms. The molecule has 0 spiro atoms. The Bertz CT molecular complexity index is 452. The molecule has 3 amide bonds. The maximum Gasteiger partial charge on any atom is 0.345 e. The fourth-order valence-corrected chi connectivity index (χ4v) is 2.18. The first-order valence-corrected chi connectivity index (χ1v) is 5.30. The molecule has 0 aromatic carbocycles. The Morgan fingerprint density at radius 3 is 2.75 bits per heavy atom. The largest absolute Gasteiger partial charge is 0.477 e. The molecular weight excluding hydrogens is 232 g/mol. The number of aromatic carboxylic acids is 1. The van der Waals surface area contributed by atoms with Crippen LogP contribution in [-0.4, -0.2) is 34.5 Å². The van der Waals surface area contributed by atoms with Crippen LogP contribution in [0.15, 0.2) is 12.1 Å². The molecule has 6 nitrogen and oxygen atoms in total. The van der Waals surface area contributed by atoms with Gasteiger partial charge in [0.05, 0.1) is 13.1 Å². The second-order valence-electron chi connectivity index (χ2n) is 3.21. The van der Waals surface area contributed by atoms with Crippen molar-refractivity contribution in [2.75, 3.05) is 6.54 Å². The lowest BCUT2D eigenvalue weighted by Crippen LogP contribution is -2.29. The second-order valence-corrected chi connectivity index (χ2v) is 4.38. The predicted octanol–water partition coefficient (Wildman–Crippen LogP) is 0.498. The molecule has 84 valence electrons. The van der Waals surface area contributed by atoms with Gasteiger partial charge in [-0.25, -0.2) is 9.59 Å². The van der Waals surface area contributed by atoms with Crippen LogP contribution in [0.4, 0.5) is 4.79 Å². The Balaban J connectivity index is 2.11. The fourth-order valence-electron chi connectivity index (χ4n) is 1.35. The first-order valence-electron chi connectivity index (χ1n) is 4.48. The number of amides is 3. The van der Waals surface area contributed by atoms with Gasteiger partial charge in [-0.1, -0.05) is 0 Å². The minimum Gasteiger partial charge on any atom is -0.477 e. The smallest absolute Gasteiger partial charge is 0.345 e. The van der Waals surface area contributed by atoms with E-state index in [0.717, 1.165) is 16.2 Å². The number of nitrogens with zero attached hydrogens (tertiary/aromatic N) is 1. The molecule has 0 aliphatic carbocycles. The minimum atomic E-state index is -1.01. The minimum absolute atomic E-state index is 0.00992. The SMILES string of the molecule is O=C(O)c1ccc(CN2C(=O)CNC2=O)s1. The van der Waals surface area contributed by atoms with Crippen molar-refractivity contribution in [3.63, 3.8) is 0 Å². The van der Waals surface area contributed by atoms with E-state index in [1.165, 1.54) is 6.07 Å². The summed E-state index contributed by atoms with van der Waals surface area (Å²) in [5.74, 6) is -1.30. The van der Waals surface area contributed by atoms with Crippen molar-refractivity contribution in [2.24, 2.45) is 0 Å². The molecule has 2 N–H and O–H groups in total. The topological polar surface area (TPSA) is 86.7 Å². The van der Waals surface area contributed by atoms with Crippen LogP contribution in [0.1, 0.15) is 14.5 Å². The highest BCUT2D eigenvalue weighted by atomic mass is 32.1. The molecule has 0 bridgehead atoms. The number of rotatable bonds is 3. The lowest BCUT2D eigenvalue weighted by Gasteiger charge is -2.09. The van der Waals surface area contributed by atoms with Crippen molar-refractivity contribution in [3.05, 3.63) is 21.9 Å². The normalized spacial score (nSPS) is 15.4. The van der Waals surface area contributed by atoms with E-state index in [1.54, 1.807) is 6.07 Å². The summed E-state index contributed by atoms with van der Waals surface area (Å²) in [6.07, 6.45) is 0. The maximum atomic E-state index is 11.3. The standard InChI is InChI=1S/C9H8N2O4S/c12-7-3-10-9(15)11(7)4-5-1-2-6(16-5)8(13)14/h1-2H,3-4H2,(H,10,15)(H,13,14). The van der Waals surface area contributed by atoms with Crippen LogP contribution in [0.3, 0.4) is 0 Å². The van der Waals surface area contributed by atoms with Crippen LogP contribution in [0, 0.1) is 0 Å². The van der Waals surface area contributed by atoms with Gasteiger partial charge in [0.2, 0.25) is 5.91 Å². The number of nitrogens with one attached hydrogen (secondary N) is 1. The number of urea groups is 1. The van der Waals surface area contributed by atoms with Gasteiger partial charge in [-0.3, -0.25) is 9.69 Å². The fraction of sp³-hybridized carbons (Fsp3) is 0.222. The number of hydrogen-bond donors (Lipinski definition) is 2. The number of carbonyl (C=O) groups is 3. The monoisotopic (exact) mass is 240 g/mol. The lowest BCUT2D eigenvalue weighted by atomic mass is 10.4. The Hall–Kier alpha value is -1.89. The molecule has 1 fully saturated rings. The summed E-state index contributed by atoms with van der Waals surface area (Å²) in [7, 11) is 0. The van der Waals surface area contributed by atoms with Crippen molar-refractivity contribution in [2.45, 2.75) is 6.54 Å². The highest BCUT2D eigenvalue weighted by Gasteiger charge is 2.28. The van der Waals surface area contributed by atoms with Gasteiger partial charge in [-0.2, -0.15) is 0 Å². The quantitative estimate of drug-likeness (QED) is 0.753. The van der Waals surface area contributed by atoms with Crippen LogP contribution in [0.5, 0.6) is 0 Å². The molecular formula is C9H8N2O4S. The number of thiophene rings is 1. The summed E-state index contributed by atoms with van der Waals surface area (Å²) < 4.78 is 0. The zero-order chi connectivity index (χ0) is 11.7. The zero-order valence-corrected chi connectivity index (χ0v) is 8.91. The Morgan fingerprint density at radius 2 is 2.25 bits per heavy atom. The van der Waals surface area contributed by atoms with Crippen molar-refractivity contribution < 1.29 is 19.5 Å². The van der Waals surface area contributed by atoms with Gasteiger partial charge in [-0.05, 0) is 12.1 Å². The molecule has 1 saturated heterocycles. The molecule has 2 rings (SSSR count). The van der Waals surface area contributed by atoms with Crippen LogP contribution in [0.25, 0.3) is 0 Å². The van der Waals surface area contributed by atoms with Crippen molar-refractivity contribution in [1.82, 2.24) is 10.2 Å². The molecule has 2 heterocycles. The van der Waals surface area contributed by atoms with E-state index in [2.05, 4.69) is 5.32 Å². The molecule has 0 radical (unpaired) electrons. The van der Waals surface area contributed by atoms with Crippen LogP contribution in [-0.2, 0) is 11.3 Å². The number of hydrogen-bond acceptors (Lipinski definition) is 4. The van der Waals surface area contributed by atoms with Crippen molar-refractivity contribution in [1.29, 1.82) is 0 Å². The van der Waals surface area contributed by atoms with Crippen LogP contribution < -0.4 is 5.32 Å². The van der Waals surface area contributed by atoms with E-state index < -0.39 is 12.0 Å². The van der Waals surface area contributed by atoms with E-state index in [-0.39, 0.29) is 23.9 Å². The Kier molecular flexibility index (Phi) is 2.61. The van der Waals surface area contributed by atoms with Gasteiger partial charge in [0, 0.05) is 4.88 Å². The maximum absolute atomic E-state index is 11.3. The molecule has 1 aromatic rings. The highest BCUT2D eigenvalue weighted by molar-refractivity contribution is 7.13. The van der Waals surface area contributed by atoms with Gasteiger partial charge in [0.25, 0.3) is 0 Å². The van der Waals surface area contributed by atoms with Crippen LogP contribution in [0.2, 0.25) is 0 Å². The van der Waals surface area contributed by atoms with Crippen LogP contribution >= 0.6 is 11.3 Å².